The highest BCUT2D eigenvalue weighted by atomic mass is 32.2. The van der Waals surface area contributed by atoms with Gasteiger partial charge in [0, 0.05) is 33.3 Å². The van der Waals surface area contributed by atoms with Gasteiger partial charge in [0.05, 0.1) is 30.0 Å². The standard InChI is InChI=1S/C27H46N2O8S2/c1-21(2)17-29(38(31,32)25-11-9-24(35-3)10-12-25)19-23(30)15-16-28(18-22-7-5-6-8-22)39(33,34)26-13-14-27(36-4)37-20-26/h9-12,21-23,26-27,30H,5-8,13-20H2,1-4H3/t23-,26?,27?/m0/s1. The van der Waals surface area contributed by atoms with Crippen molar-refractivity contribution in [2.75, 3.05) is 47.0 Å². The number of methoxy groups -OCH3 is 2. The maximum absolute atomic E-state index is 13.7. The highest BCUT2D eigenvalue weighted by Gasteiger charge is 2.37. The molecule has 0 amide bonds. The first-order chi connectivity index (χ1) is 18.5. The van der Waals surface area contributed by atoms with Crippen LogP contribution in [0.1, 0.15) is 58.8 Å². The van der Waals surface area contributed by atoms with Gasteiger partial charge in [-0.1, -0.05) is 26.7 Å². The number of aliphatic hydroxyl groups is 1. The van der Waals surface area contributed by atoms with Gasteiger partial charge in [0.1, 0.15) is 5.75 Å². The largest absolute Gasteiger partial charge is 0.497 e. The average Bonchev–Trinajstić information content (AvgIpc) is 3.43. The van der Waals surface area contributed by atoms with Gasteiger partial charge >= 0.3 is 0 Å². The molecular weight excluding hydrogens is 544 g/mol. The van der Waals surface area contributed by atoms with Gasteiger partial charge in [-0.3, -0.25) is 0 Å². The Balaban J connectivity index is 1.71. The highest BCUT2D eigenvalue weighted by molar-refractivity contribution is 7.89. The van der Waals surface area contributed by atoms with E-state index in [9.17, 15) is 21.9 Å². The molecule has 3 atom stereocenters. The summed E-state index contributed by atoms with van der Waals surface area (Å²) in [5, 5.41) is 10.3. The monoisotopic (exact) mass is 590 g/mol. The molecule has 1 N–H and O–H groups in total. The molecule has 0 bridgehead atoms. The van der Waals surface area contributed by atoms with Crippen LogP contribution in [0.25, 0.3) is 0 Å². The van der Waals surface area contributed by atoms with Gasteiger partial charge in [-0.05, 0) is 68.2 Å². The van der Waals surface area contributed by atoms with Gasteiger partial charge in [0.2, 0.25) is 20.0 Å². The lowest BCUT2D eigenvalue weighted by Gasteiger charge is -2.34. The van der Waals surface area contributed by atoms with Crippen LogP contribution in [0.4, 0.5) is 0 Å². The molecule has 1 saturated carbocycles. The lowest BCUT2D eigenvalue weighted by Crippen LogP contribution is -2.47. The molecule has 1 saturated heterocycles. The molecule has 0 spiro atoms. The van der Waals surface area contributed by atoms with Crippen molar-refractivity contribution < 1.29 is 36.2 Å². The second-order valence-electron chi connectivity index (χ2n) is 11.1. The fourth-order valence-corrected chi connectivity index (χ4v) is 8.86. The third kappa shape index (κ3) is 8.85. The number of ether oxygens (including phenoxy) is 3. The summed E-state index contributed by atoms with van der Waals surface area (Å²) in [5.74, 6) is 0.877. The van der Waals surface area contributed by atoms with Crippen LogP contribution in [0.15, 0.2) is 29.2 Å². The molecule has 12 heteroatoms. The fraction of sp³-hybridized carbons (Fsp3) is 0.778. The molecule has 2 unspecified atom stereocenters. The molecule has 0 aromatic heterocycles. The van der Waals surface area contributed by atoms with E-state index >= 15 is 0 Å². The van der Waals surface area contributed by atoms with E-state index < -0.39 is 31.4 Å². The van der Waals surface area contributed by atoms with Crippen LogP contribution in [0.2, 0.25) is 0 Å². The van der Waals surface area contributed by atoms with Crippen LogP contribution in [-0.4, -0.2) is 95.2 Å². The third-order valence-corrected chi connectivity index (χ3v) is 11.7. The molecule has 2 aliphatic rings. The quantitative estimate of drug-likeness (QED) is 0.331. The van der Waals surface area contributed by atoms with Crippen LogP contribution in [0, 0.1) is 11.8 Å². The lowest BCUT2D eigenvalue weighted by molar-refractivity contribution is -0.144. The topological polar surface area (TPSA) is 123 Å². The van der Waals surface area contributed by atoms with Crippen molar-refractivity contribution >= 4 is 20.0 Å². The van der Waals surface area contributed by atoms with Gasteiger partial charge in [0.15, 0.2) is 6.29 Å². The molecule has 2 fully saturated rings. The first-order valence-corrected chi connectivity index (χ1v) is 16.9. The predicted molar refractivity (Wildman–Crippen MR) is 149 cm³/mol. The third-order valence-electron chi connectivity index (χ3n) is 7.57. The SMILES string of the molecule is COc1ccc(S(=O)(=O)N(CC(C)C)C[C@@H](O)CCN(CC2CCCC2)S(=O)(=O)C2CCC(OC)OC2)cc1. The van der Waals surface area contributed by atoms with E-state index in [0.717, 1.165) is 25.7 Å². The molecule has 10 nitrogen and oxygen atoms in total. The van der Waals surface area contributed by atoms with Crippen molar-refractivity contribution in [3.05, 3.63) is 24.3 Å². The maximum Gasteiger partial charge on any atom is 0.243 e. The molecule has 39 heavy (non-hydrogen) atoms. The molecule has 0 radical (unpaired) electrons. The van der Waals surface area contributed by atoms with Crippen molar-refractivity contribution in [2.45, 2.75) is 81.3 Å². The van der Waals surface area contributed by atoms with E-state index in [1.807, 2.05) is 13.8 Å². The normalized spacial score (nSPS) is 22.2. The van der Waals surface area contributed by atoms with E-state index in [-0.39, 0.29) is 49.8 Å². The summed E-state index contributed by atoms with van der Waals surface area (Å²) in [6, 6.07) is 6.16. The second kappa shape index (κ2) is 14.6. The van der Waals surface area contributed by atoms with Crippen molar-refractivity contribution in [2.24, 2.45) is 11.8 Å². The van der Waals surface area contributed by atoms with Gasteiger partial charge in [-0.2, -0.15) is 4.31 Å². The summed E-state index contributed by atoms with van der Waals surface area (Å²) in [5.41, 5.74) is 0. The Bertz CT molecular complexity index is 1080. The molecule has 224 valence electrons. The fourth-order valence-electron chi connectivity index (χ4n) is 5.33. The summed E-state index contributed by atoms with van der Waals surface area (Å²) in [7, 11) is -4.48. The molecule has 1 aromatic carbocycles. The number of benzene rings is 1. The number of hydrogen-bond acceptors (Lipinski definition) is 8. The van der Waals surface area contributed by atoms with Gasteiger partial charge in [0.25, 0.3) is 0 Å². The van der Waals surface area contributed by atoms with E-state index in [1.54, 1.807) is 19.2 Å². The first kappa shape index (κ1) is 32.2. The molecule has 1 aromatic rings. The first-order valence-electron chi connectivity index (χ1n) is 13.9. The van der Waals surface area contributed by atoms with Crippen molar-refractivity contribution in [1.29, 1.82) is 0 Å². The lowest BCUT2D eigenvalue weighted by atomic mass is 10.1. The van der Waals surface area contributed by atoms with Crippen LogP contribution in [0.3, 0.4) is 0 Å². The number of nitrogens with zero attached hydrogens (tertiary/aromatic N) is 2. The highest BCUT2D eigenvalue weighted by Crippen LogP contribution is 2.29. The van der Waals surface area contributed by atoms with Crippen molar-refractivity contribution in [3.63, 3.8) is 0 Å². The summed E-state index contributed by atoms with van der Waals surface area (Å²) >= 11 is 0. The summed E-state index contributed by atoms with van der Waals surface area (Å²) in [6.45, 7) is 4.56. The van der Waals surface area contributed by atoms with Crippen LogP contribution in [0.5, 0.6) is 5.75 Å². The van der Waals surface area contributed by atoms with Gasteiger partial charge in [-0.15, -0.1) is 0 Å². The Hall–Kier alpha value is -1.28. The van der Waals surface area contributed by atoms with Crippen molar-refractivity contribution in [3.8, 4) is 5.75 Å². The Morgan fingerprint density at radius 3 is 2.18 bits per heavy atom. The number of aliphatic hydroxyl groups excluding tert-OH is 1. The Morgan fingerprint density at radius 1 is 0.974 bits per heavy atom. The van der Waals surface area contributed by atoms with Gasteiger partial charge < -0.3 is 19.3 Å². The Morgan fingerprint density at radius 2 is 1.64 bits per heavy atom. The summed E-state index contributed by atoms with van der Waals surface area (Å²) in [4.78, 5) is 0.119. The summed E-state index contributed by atoms with van der Waals surface area (Å²) in [6.07, 6.45) is 3.84. The molecule has 1 aliphatic carbocycles. The smallest absolute Gasteiger partial charge is 0.243 e. The zero-order valence-corrected chi connectivity index (χ0v) is 25.3. The predicted octanol–water partition coefficient (Wildman–Crippen LogP) is 3.07. The summed E-state index contributed by atoms with van der Waals surface area (Å²) < 4.78 is 72.9. The van der Waals surface area contributed by atoms with E-state index in [1.165, 1.54) is 27.9 Å². The zero-order chi connectivity index (χ0) is 28.6. The van der Waals surface area contributed by atoms with Crippen molar-refractivity contribution in [1.82, 2.24) is 8.61 Å². The maximum atomic E-state index is 13.7. The molecule has 3 rings (SSSR count). The number of rotatable bonds is 15. The van der Waals surface area contributed by atoms with E-state index in [2.05, 4.69) is 0 Å². The van der Waals surface area contributed by atoms with E-state index in [4.69, 9.17) is 14.2 Å². The minimum Gasteiger partial charge on any atom is -0.497 e. The Kier molecular flexibility index (Phi) is 12.0. The molecule has 1 heterocycles. The zero-order valence-electron chi connectivity index (χ0n) is 23.7. The second-order valence-corrected chi connectivity index (χ2v) is 15.2. The number of hydrogen-bond donors (Lipinski definition) is 1. The van der Waals surface area contributed by atoms with Crippen LogP contribution < -0.4 is 4.74 Å². The van der Waals surface area contributed by atoms with Gasteiger partial charge in [-0.25, -0.2) is 21.1 Å². The Labute approximate surface area is 234 Å². The van der Waals surface area contributed by atoms with Crippen LogP contribution in [-0.2, 0) is 29.5 Å². The van der Waals surface area contributed by atoms with Crippen LogP contribution >= 0.6 is 0 Å². The minimum absolute atomic E-state index is 0.0340. The van der Waals surface area contributed by atoms with E-state index in [0.29, 0.717) is 31.1 Å². The number of sulfonamides is 2. The minimum atomic E-state index is -3.87. The molecular formula is C27H46N2O8S2. The average molecular weight is 591 g/mol. The molecule has 1 aliphatic heterocycles.